The van der Waals surface area contributed by atoms with E-state index in [0.717, 1.165) is 27.7 Å². The minimum absolute atomic E-state index is 0.171. The van der Waals surface area contributed by atoms with Gasteiger partial charge in [-0.1, -0.05) is 72.8 Å². The number of nitrogens with one attached hydrogen (secondary N) is 2. The van der Waals surface area contributed by atoms with Crippen molar-refractivity contribution >= 4 is 40.6 Å². The summed E-state index contributed by atoms with van der Waals surface area (Å²) >= 11 is 1.63. The molecule has 2 aliphatic rings. The van der Waals surface area contributed by atoms with E-state index in [9.17, 15) is 9.59 Å². The summed E-state index contributed by atoms with van der Waals surface area (Å²) in [4.78, 5) is 36.1. The number of carbonyl (C=O) groups is 2. The summed E-state index contributed by atoms with van der Waals surface area (Å²) < 4.78 is 6.09. The van der Waals surface area contributed by atoms with E-state index in [-0.39, 0.29) is 11.3 Å². The summed E-state index contributed by atoms with van der Waals surface area (Å²) in [5, 5.41) is 3.01. The highest BCUT2D eigenvalue weighted by molar-refractivity contribution is 8.00. The van der Waals surface area contributed by atoms with Crippen molar-refractivity contribution < 1.29 is 14.3 Å². The van der Waals surface area contributed by atoms with Crippen LogP contribution in [0.15, 0.2) is 96.2 Å². The van der Waals surface area contributed by atoms with E-state index in [1.807, 2.05) is 91.9 Å². The van der Waals surface area contributed by atoms with Crippen LogP contribution in [0, 0.1) is 0 Å². The topological polar surface area (TPSA) is 87.3 Å². The Morgan fingerprint density at radius 1 is 1.03 bits per heavy atom. The van der Waals surface area contributed by atoms with Gasteiger partial charge in [0.05, 0.1) is 11.0 Å². The number of amides is 1. The van der Waals surface area contributed by atoms with Crippen LogP contribution in [0.3, 0.4) is 0 Å². The van der Waals surface area contributed by atoms with Crippen LogP contribution in [0.1, 0.15) is 24.2 Å². The van der Waals surface area contributed by atoms with Crippen LogP contribution >= 0.6 is 11.8 Å². The number of thioether (sulfide) groups is 1. The summed E-state index contributed by atoms with van der Waals surface area (Å²) in [6.07, 6.45) is -0.575. The molecule has 0 radical (unpaired) electrons. The summed E-state index contributed by atoms with van der Waals surface area (Å²) in [5.41, 5.74) is 4.63. The first-order valence-corrected chi connectivity index (χ1v) is 12.8. The molecule has 36 heavy (non-hydrogen) atoms. The largest absolute Gasteiger partial charge is 0.448 e. The fraction of sp³-hybridized carbons (Fsp3) is 0.179. The molecule has 2 N–H and O–H groups in total. The lowest BCUT2D eigenvalue weighted by Crippen LogP contribution is -2.67. The molecule has 180 valence electrons. The number of imidazole rings is 1. The molecular formula is C28H24N4O3S. The van der Waals surface area contributed by atoms with Crippen LogP contribution in [0.5, 0.6) is 0 Å². The Labute approximate surface area is 212 Å². The van der Waals surface area contributed by atoms with E-state index in [1.165, 1.54) is 0 Å². The molecule has 6 rings (SSSR count). The maximum absolute atomic E-state index is 13.6. The number of aromatic nitrogens is 2. The van der Waals surface area contributed by atoms with Crippen molar-refractivity contribution in [2.45, 2.75) is 24.4 Å². The molecule has 1 aromatic heterocycles. The molecule has 4 aromatic rings. The third kappa shape index (κ3) is 3.93. The second-order valence-corrected chi connectivity index (χ2v) is 9.98. The molecule has 0 saturated carbocycles. The number of β-lactam (4-membered cyclic amide) rings is 1. The van der Waals surface area contributed by atoms with E-state index in [4.69, 9.17) is 4.74 Å². The minimum atomic E-state index is -0.575. The lowest BCUT2D eigenvalue weighted by molar-refractivity contribution is -0.152. The SMILES string of the molecule is CC1=C(C(=O)OC(c2ccccc2)c2ccccc2)N2C(=O)[C@@H](Nc3nc4ccccc4[nH]3)C2SC1. The van der Waals surface area contributed by atoms with Crippen LogP contribution < -0.4 is 5.32 Å². The smallest absolute Gasteiger partial charge is 0.356 e. The molecule has 1 amide bonds. The van der Waals surface area contributed by atoms with Gasteiger partial charge >= 0.3 is 5.97 Å². The normalized spacial score (nSPS) is 19.3. The van der Waals surface area contributed by atoms with Gasteiger partial charge in [-0.3, -0.25) is 9.69 Å². The van der Waals surface area contributed by atoms with Crippen molar-refractivity contribution in [1.82, 2.24) is 14.9 Å². The second kappa shape index (κ2) is 9.20. The fourth-order valence-corrected chi connectivity index (χ4v) is 5.97. The Balaban J connectivity index is 1.24. The summed E-state index contributed by atoms with van der Waals surface area (Å²) in [6, 6.07) is 26.5. The first-order chi connectivity index (χ1) is 17.6. The molecule has 1 saturated heterocycles. The van der Waals surface area contributed by atoms with E-state index < -0.39 is 18.1 Å². The van der Waals surface area contributed by atoms with Crippen molar-refractivity contribution in [3.05, 3.63) is 107 Å². The molecule has 3 aromatic carbocycles. The third-order valence-corrected chi connectivity index (χ3v) is 7.89. The van der Waals surface area contributed by atoms with E-state index in [1.54, 1.807) is 16.7 Å². The van der Waals surface area contributed by atoms with Gasteiger partial charge in [0.1, 0.15) is 17.1 Å². The number of aromatic amines is 1. The van der Waals surface area contributed by atoms with Crippen LogP contribution in [-0.2, 0) is 14.3 Å². The Kier molecular flexibility index (Phi) is 5.73. The van der Waals surface area contributed by atoms with Crippen molar-refractivity contribution in [2.24, 2.45) is 0 Å². The number of fused-ring (bicyclic) bond motifs is 2. The summed E-state index contributed by atoms with van der Waals surface area (Å²) in [5.74, 6) is 0.512. The van der Waals surface area contributed by atoms with Crippen LogP contribution in [0.2, 0.25) is 0 Å². The number of H-pyrrole nitrogens is 1. The molecule has 1 fully saturated rings. The highest BCUT2D eigenvalue weighted by Crippen LogP contribution is 2.42. The van der Waals surface area contributed by atoms with E-state index in [2.05, 4.69) is 15.3 Å². The highest BCUT2D eigenvalue weighted by atomic mass is 32.2. The lowest BCUT2D eigenvalue weighted by atomic mass is 10.0. The van der Waals surface area contributed by atoms with Crippen molar-refractivity contribution in [3.8, 4) is 0 Å². The molecule has 0 bridgehead atoms. The summed E-state index contributed by atoms with van der Waals surface area (Å²) in [7, 11) is 0. The molecule has 2 aliphatic heterocycles. The number of hydrogen-bond acceptors (Lipinski definition) is 6. The van der Waals surface area contributed by atoms with Crippen molar-refractivity contribution in [3.63, 3.8) is 0 Å². The average molecular weight is 497 g/mol. The maximum Gasteiger partial charge on any atom is 0.356 e. The molecule has 7 nitrogen and oxygen atoms in total. The van der Waals surface area contributed by atoms with E-state index >= 15 is 0 Å². The second-order valence-electron chi connectivity index (χ2n) is 8.87. The number of nitrogens with zero attached hydrogens (tertiary/aromatic N) is 2. The first kappa shape index (κ1) is 22.4. The zero-order valence-electron chi connectivity index (χ0n) is 19.5. The predicted octanol–water partition coefficient (Wildman–Crippen LogP) is 4.87. The van der Waals surface area contributed by atoms with Gasteiger partial charge in [-0.25, -0.2) is 9.78 Å². The Bertz CT molecular complexity index is 1400. The van der Waals surface area contributed by atoms with Gasteiger partial charge < -0.3 is 15.0 Å². The fourth-order valence-electron chi connectivity index (χ4n) is 4.68. The van der Waals surface area contributed by atoms with Gasteiger partial charge in [-0.15, -0.1) is 11.8 Å². The average Bonchev–Trinajstić information content (AvgIpc) is 3.34. The Morgan fingerprint density at radius 3 is 2.33 bits per heavy atom. The number of benzene rings is 3. The molecule has 8 heteroatoms. The number of ether oxygens (including phenoxy) is 1. The van der Waals surface area contributed by atoms with Crippen LogP contribution in [0.25, 0.3) is 11.0 Å². The predicted molar refractivity (Wildman–Crippen MR) is 140 cm³/mol. The van der Waals surface area contributed by atoms with Gasteiger partial charge in [0, 0.05) is 5.75 Å². The lowest BCUT2D eigenvalue weighted by Gasteiger charge is -2.49. The van der Waals surface area contributed by atoms with E-state index in [0.29, 0.717) is 17.4 Å². The zero-order valence-corrected chi connectivity index (χ0v) is 20.4. The highest BCUT2D eigenvalue weighted by Gasteiger charge is 2.54. The molecular weight excluding hydrogens is 472 g/mol. The quantitative estimate of drug-likeness (QED) is 0.293. The summed E-state index contributed by atoms with van der Waals surface area (Å²) in [6.45, 7) is 1.88. The first-order valence-electron chi connectivity index (χ1n) is 11.8. The third-order valence-electron chi connectivity index (χ3n) is 6.46. The number of anilines is 1. The number of para-hydroxylation sites is 2. The van der Waals surface area contributed by atoms with Crippen LogP contribution in [0.4, 0.5) is 5.95 Å². The minimum Gasteiger partial charge on any atom is -0.448 e. The Morgan fingerprint density at radius 2 is 1.67 bits per heavy atom. The van der Waals surface area contributed by atoms with Gasteiger partial charge in [0.15, 0.2) is 6.10 Å². The van der Waals surface area contributed by atoms with Crippen molar-refractivity contribution in [1.29, 1.82) is 0 Å². The molecule has 0 aliphatic carbocycles. The number of rotatable bonds is 6. The number of carbonyl (C=O) groups excluding carboxylic acids is 2. The monoisotopic (exact) mass is 496 g/mol. The zero-order chi connectivity index (χ0) is 24.6. The van der Waals surface area contributed by atoms with Gasteiger partial charge in [-0.05, 0) is 35.8 Å². The molecule has 2 atom stereocenters. The maximum atomic E-state index is 13.6. The standard InChI is InChI=1S/C28H24N4O3S/c1-17-16-36-26-22(31-28-29-20-14-8-9-15-21(20)30-28)25(33)32(26)23(17)27(34)35-24(18-10-4-2-5-11-18)19-12-6-3-7-13-19/h2-15,22,24,26H,16H2,1H3,(H2,29,30,31)/t22-,26?/m1/s1. The molecule has 0 spiro atoms. The van der Waals surface area contributed by atoms with Crippen molar-refractivity contribution in [2.75, 3.05) is 11.1 Å². The number of esters is 1. The molecule has 1 unspecified atom stereocenters. The van der Waals surface area contributed by atoms with Gasteiger partial charge in [0.25, 0.3) is 5.91 Å². The van der Waals surface area contributed by atoms with Crippen LogP contribution in [-0.4, -0.2) is 43.9 Å². The number of hydrogen-bond donors (Lipinski definition) is 2. The van der Waals surface area contributed by atoms with Gasteiger partial charge in [0.2, 0.25) is 5.95 Å². The Hall–Kier alpha value is -4.04. The van der Waals surface area contributed by atoms with Gasteiger partial charge in [-0.2, -0.15) is 0 Å². The molecule has 3 heterocycles.